The fourth-order valence-electron chi connectivity index (χ4n) is 0.448. The van der Waals surface area contributed by atoms with Crippen molar-refractivity contribution in [3.8, 4) is 0 Å². The third kappa shape index (κ3) is 1.16. The lowest BCUT2D eigenvalue weighted by molar-refractivity contribution is -0.116. The van der Waals surface area contributed by atoms with Crippen LogP contribution in [0.3, 0.4) is 0 Å². The molecule has 1 rings (SSSR count). The van der Waals surface area contributed by atoms with Crippen LogP contribution in [0.5, 0.6) is 0 Å². The van der Waals surface area contributed by atoms with Gasteiger partial charge in [-0.05, 0) is 0 Å². The first-order chi connectivity index (χ1) is 3.79. The third-order valence-electron chi connectivity index (χ3n) is 0.800. The van der Waals surface area contributed by atoms with Gasteiger partial charge < -0.3 is 10.6 Å². The Balaban J connectivity index is 2.64. The number of hydrogen-bond donors (Lipinski definition) is 3. The molecule has 0 saturated heterocycles. The van der Waals surface area contributed by atoms with Crippen LogP contribution in [-0.4, -0.2) is 12.6 Å². The monoisotopic (exact) mass is 130 g/mol. The van der Waals surface area contributed by atoms with E-state index in [0.717, 1.165) is 0 Å². The van der Waals surface area contributed by atoms with E-state index in [-0.39, 0.29) is 5.91 Å². The van der Waals surface area contributed by atoms with E-state index in [9.17, 15) is 4.79 Å². The van der Waals surface area contributed by atoms with E-state index in [4.69, 9.17) is 0 Å². The molecule has 0 aromatic rings. The fraction of sp³-hybridized carbons (Fsp3) is 0.250. The Bertz CT molecular complexity index is 143. The predicted molar refractivity (Wildman–Crippen MR) is 33.2 cm³/mol. The first-order valence-electron chi connectivity index (χ1n) is 2.21. The zero-order chi connectivity index (χ0) is 5.98. The lowest BCUT2D eigenvalue weighted by Crippen LogP contribution is -2.36. The molecule has 0 saturated carbocycles. The van der Waals surface area contributed by atoms with E-state index in [1.54, 1.807) is 0 Å². The molecule has 3 nitrogen and oxygen atoms in total. The summed E-state index contributed by atoms with van der Waals surface area (Å²) in [4.78, 5) is 10.4. The standard InChI is InChI=1S/C4H6N2OS/c7-3-1-4(8)6-2-5-3/h1,6,8H,2H2,(H,5,7). The summed E-state index contributed by atoms with van der Waals surface area (Å²) in [5, 5.41) is 5.96. The lowest BCUT2D eigenvalue weighted by Gasteiger charge is -2.10. The van der Waals surface area contributed by atoms with Crippen LogP contribution in [0.4, 0.5) is 0 Å². The molecule has 0 fully saturated rings. The van der Waals surface area contributed by atoms with Gasteiger partial charge in [0.05, 0.1) is 11.7 Å². The van der Waals surface area contributed by atoms with Crippen LogP contribution in [0.25, 0.3) is 0 Å². The Morgan fingerprint density at radius 2 is 2.38 bits per heavy atom. The van der Waals surface area contributed by atoms with E-state index >= 15 is 0 Å². The zero-order valence-corrected chi connectivity index (χ0v) is 5.03. The molecule has 0 atom stereocenters. The van der Waals surface area contributed by atoms with Crippen molar-refractivity contribution in [2.75, 3.05) is 6.67 Å². The van der Waals surface area contributed by atoms with Crippen LogP contribution in [0.1, 0.15) is 0 Å². The molecule has 1 amide bonds. The van der Waals surface area contributed by atoms with E-state index in [1.807, 2.05) is 0 Å². The molecule has 1 heterocycles. The minimum atomic E-state index is -0.0891. The highest BCUT2D eigenvalue weighted by Gasteiger charge is 2.01. The number of carbonyl (C=O) groups is 1. The average molecular weight is 130 g/mol. The summed E-state index contributed by atoms with van der Waals surface area (Å²) < 4.78 is 0. The molecule has 4 heteroatoms. The van der Waals surface area contributed by atoms with Crippen molar-refractivity contribution in [2.45, 2.75) is 0 Å². The van der Waals surface area contributed by atoms with Gasteiger partial charge in [0.1, 0.15) is 0 Å². The largest absolute Gasteiger partial charge is 0.363 e. The molecule has 44 valence electrons. The molecule has 1 aliphatic heterocycles. The van der Waals surface area contributed by atoms with Gasteiger partial charge >= 0.3 is 0 Å². The second kappa shape index (κ2) is 2.09. The average Bonchev–Trinajstić information content (AvgIpc) is 1.64. The molecule has 0 radical (unpaired) electrons. The van der Waals surface area contributed by atoms with Gasteiger partial charge in [-0.2, -0.15) is 0 Å². The molecule has 0 bridgehead atoms. The topological polar surface area (TPSA) is 41.1 Å². The normalized spacial score (nSPS) is 18.6. The maximum atomic E-state index is 10.4. The van der Waals surface area contributed by atoms with Crippen molar-refractivity contribution in [2.24, 2.45) is 0 Å². The maximum absolute atomic E-state index is 10.4. The smallest absolute Gasteiger partial charge is 0.247 e. The van der Waals surface area contributed by atoms with E-state index in [2.05, 4.69) is 23.3 Å². The summed E-state index contributed by atoms with van der Waals surface area (Å²) in [6.07, 6.45) is 1.40. The van der Waals surface area contributed by atoms with Crippen molar-refractivity contribution < 1.29 is 4.79 Å². The van der Waals surface area contributed by atoms with Crippen LogP contribution in [0.15, 0.2) is 11.1 Å². The molecule has 8 heavy (non-hydrogen) atoms. The number of carbonyl (C=O) groups excluding carboxylic acids is 1. The van der Waals surface area contributed by atoms with E-state index < -0.39 is 0 Å². The van der Waals surface area contributed by atoms with Crippen molar-refractivity contribution in [3.05, 3.63) is 11.1 Å². The van der Waals surface area contributed by atoms with Gasteiger partial charge in [-0.15, -0.1) is 12.6 Å². The first-order valence-corrected chi connectivity index (χ1v) is 2.66. The molecule has 0 spiro atoms. The minimum absolute atomic E-state index is 0.0891. The van der Waals surface area contributed by atoms with Gasteiger partial charge in [0, 0.05) is 6.08 Å². The molecule has 2 N–H and O–H groups in total. The Kier molecular flexibility index (Phi) is 1.43. The van der Waals surface area contributed by atoms with Crippen molar-refractivity contribution in [1.82, 2.24) is 10.6 Å². The number of thiol groups is 1. The Morgan fingerprint density at radius 3 is 2.75 bits per heavy atom. The van der Waals surface area contributed by atoms with Crippen LogP contribution in [0.2, 0.25) is 0 Å². The molecule has 0 aromatic heterocycles. The zero-order valence-electron chi connectivity index (χ0n) is 4.14. The van der Waals surface area contributed by atoms with E-state index in [1.165, 1.54) is 6.08 Å². The van der Waals surface area contributed by atoms with Gasteiger partial charge in [0.15, 0.2) is 0 Å². The van der Waals surface area contributed by atoms with Gasteiger partial charge in [-0.25, -0.2) is 0 Å². The Morgan fingerprint density at radius 1 is 1.62 bits per heavy atom. The van der Waals surface area contributed by atoms with Crippen LogP contribution >= 0.6 is 12.6 Å². The molecule has 0 unspecified atom stereocenters. The molecular formula is C4H6N2OS. The van der Waals surface area contributed by atoms with E-state index in [0.29, 0.717) is 11.7 Å². The molecule has 0 aromatic carbocycles. The van der Waals surface area contributed by atoms with Crippen LogP contribution < -0.4 is 10.6 Å². The van der Waals surface area contributed by atoms with Gasteiger partial charge in [0.25, 0.3) is 0 Å². The number of nitrogens with one attached hydrogen (secondary N) is 2. The van der Waals surface area contributed by atoms with Crippen LogP contribution in [-0.2, 0) is 4.79 Å². The summed E-state index contributed by atoms with van der Waals surface area (Å²) in [5.74, 6) is -0.0891. The molecular weight excluding hydrogens is 124 g/mol. The second-order valence-electron chi connectivity index (χ2n) is 1.42. The first kappa shape index (κ1) is 5.50. The third-order valence-corrected chi connectivity index (χ3v) is 1.09. The fourth-order valence-corrected chi connectivity index (χ4v) is 0.644. The summed E-state index contributed by atoms with van der Waals surface area (Å²) in [7, 11) is 0. The van der Waals surface area contributed by atoms with Crippen molar-refractivity contribution >= 4 is 18.5 Å². The minimum Gasteiger partial charge on any atom is -0.363 e. The van der Waals surface area contributed by atoms with Gasteiger partial charge in [-0.1, -0.05) is 0 Å². The summed E-state index contributed by atoms with van der Waals surface area (Å²) in [5.41, 5.74) is 0. The Hall–Kier alpha value is -0.640. The highest BCUT2D eigenvalue weighted by molar-refractivity contribution is 7.84. The number of rotatable bonds is 0. The van der Waals surface area contributed by atoms with Crippen LogP contribution in [0, 0.1) is 0 Å². The summed E-state index contributed by atoms with van der Waals surface area (Å²) in [6.45, 7) is 0.480. The quantitative estimate of drug-likeness (QED) is 0.384. The van der Waals surface area contributed by atoms with Gasteiger partial charge in [0.2, 0.25) is 5.91 Å². The van der Waals surface area contributed by atoms with Crippen molar-refractivity contribution in [1.29, 1.82) is 0 Å². The summed E-state index contributed by atoms with van der Waals surface area (Å²) >= 11 is 3.91. The molecule has 1 aliphatic rings. The van der Waals surface area contributed by atoms with Crippen molar-refractivity contribution in [3.63, 3.8) is 0 Å². The number of amides is 1. The molecule has 0 aliphatic carbocycles. The SMILES string of the molecule is O=C1C=C(S)NCN1. The van der Waals surface area contributed by atoms with Gasteiger partial charge in [-0.3, -0.25) is 4.79 Å². The number of hydrogen-bond acceptors (Lipinski definition) is 3. The maximum Gasteiger partial charge on any atom is 0.247 e. The second-order valence-corrected chi connectivity index (χ2v) is 1.91. The Labute approximate surface area is 52.6 Å². The predicted octanol–water partition coefficient (Wildman–Crippen LogP) is -0.566. The highest BCUT2D eigenvalue weighted by atomic mass is 32.1. The summed E-state index contributed by atoms with van der Waals surface area (Å²) in [6, 6.07) is 0. The lowest BCUT2D eigenvalue weighted by atomic mass is 10.5. The highest BCUT2D eigenvalue weighted by Crippen LogP contribution is 1.95.